The minimum absolute atomic E-state index is 0.286. The molecule has 80 valence electrons. The van der Waals surface area contributed by atoms with Gasteiger partial charge in [-0.1, -0.05) is 12.1 Å². The zero-order chi connectivity index (χ0) is 11.4. The zero-order valence-electron chi connectivity index (χ0n) is 8.86. The summed E-state index contributed by atoms with van der Waals surface area (Å²) in [6, 6.07) is 5.48. The van der Waals surface area contributed by atoms with Crippen LogP contribution in [-0.4, -0.2) is 16.3 Å². The first-order valence-electron chi connectivity index (χ1n) is 4.67. The highest BCUT2D eigenvalue weighted by atomic mass is 32.2. The SMILES string of the molecule is C=CC(C)Sc1ccc(C)c(C(=O)O)c1. The Morgan fingerprint density at radius 2 is 2.27 bits per heavy atom. The van der Waals surface area contributed by atoms with Crippen molar-refractivity contribution in [2.75, 3.05) is 0 Å². The van der Waals surface area contributed by atoms with Crippen LogP contribution >= 0.6 is 11.8 Å². The van der Waals surface area contributed by atoms with Gasteiger partial charge in [0, 0.05) is 10.1 Å². The van der Waals surface area contributed by atoms with E-state index >= 15 is 0 Å². The van der Waals surface area contributed by atoms with Crippen molar-refractivity contribution in [2.45, 2.75) is 24.0 Å². The Morgan fingerprint density at radius 3 is 2.80 bits per heavy atom. The van der Waals surface area contributed by atoms with Gasteiger partial charge in [-0.15, -0.1) is 18.3 Å². The lowest BCUT2D eigenvalue weighted by atomic mass is 10.1. The number of carboxylic acid groups (broad SMARTS) is 1. The van der Waals surface area contributed by atoms with Crippen molar-refractivity contribution >= 4 is 17.7 Å². The van der Waals surface area contributed by atoms with Gasteiger partial charge in [0.2, 0.25) is 0 Å². The van der Waals surface area contributed by atoms with Crippen LogP contribution in [0.25, 0.3) is 0 Å². The van der Waals surface area contributed by atoms with E-state index in [1.807, 2.05) is 25.1 Å². The highest BCUT2D eigenvalue weighted by Crippen LogP contribution is 2.25. The normalized spacial score (nSPS) is 12.1. The smallest absolute Gasteiger partial charge is 0.335 e. The molecular formula is C12H14O2S. The number of carboxylic acids is 1. The summed E-state index contributed by atoms with van der Waals surface area (Å²) in [4.78, 5) is 11.9. The Morgan fingerprint density at radius 1 is 1.60 bits per heavy atom. The van der Waals surface area contributed by atoms with E-state index in [0.29, 0.717) is 5.56 Å². The van der Waals surface area contributed by atoms with Crippen molar-refractivity contribution in [3.63, 3.8) is 0 Å². The summed E-state index contributed by atoms with van der Waals surface area (Å²) < 4.78 is 0. The van der Waals surface area contributed by atoms with Crippen LogP contribution in [0.2, 0.25) is 0 Å². The summed E-state index contributed by atoms with van der Waals surface area (Å²) in [6.45, 7) is 7.52. The summed E-state index contributed by atoms with van der Waals surface area (Å²) >= 11 is 1.60. The molecule has 2 nitrogen and oxygen atoms in total. The molecule has 0 fully saturated rings. The molecular weight excluding hydrogens is 208 g/mol. The number of rotatable bonds is 4. The average Bonchev–Trinajstić information content (AvgIpc) is 2.20. The monoisotopic (exact) mass is 222 g/mol. The van der Waals surface area contributed by atoms with E-state index in [1.165, 1.54) is 0 Å². The molecule has 0 heterocycles. The summed E-state index contributed by atoms with van der Waals surface area (Å²) in [5.41, 5.74) is 1.16. The Labute approximate surface area is 94.0 Å². The molecule has 0 spiro atoms. The quantitative estimate of drug-likeness (QED) is 0.627. The van der Waals surface area contributed by atoms with Crippen molar-refractivity contribution in [1.82, 2.24) is 0 Å². The largest absolute Gasteiger partial charge is 0.478 e. The molecule has 3 heteroatoms. The molecule has 0 amide bonds. The predicted molar refractivity (Wildman–Crippen MR) is 63.7 cm³/mol. The van der Waals surface area contributed by atoms with Crippen LogP contribution < -0.4 is 0 Å². The Balaban J connectivity index is 2.97. The second-order valence-electron chi connectivity index (χ2n) is 3.34. The fourth-order valence-corrected chi connectivity index (χ4v) is 2.03. The van der Waals surface area contributed by atoms with Crippen molar-refractivity contribution in [3.05, 3.63) is 42.0 Å². The Kier molecular flexibility index (Phi) is 3.97. The van der Waals surface area contributed by atoms with Crippen molar-refractivity contribution in [2.24, 2.45) is 0 Å². The molecule has 1 atom stereocenters. The molecule has 0 radical (unpaired) electrons. The lowest BCUT2D eigenvalue weighted by Crippen LogP contribution is -2.00. The van der Waals surface area contributed by atoms with Crippen LogP contribution in [0, 0.1) is 6.92 Å². The molecule has 0 aliphatic rings. The molecule has 1 aromatic carbocycles. The van der Waals surface area contributed by atoms with Gasteiger partial charge in [-0.05, 0) is 31.5 Å². The van der Waals surface area contributed by atoms with E-state index in [0.717, 1.165) is 10.5 Å². The molecule has 1 rings (SSSR count). The average molecular weight is 222 g/mol. The molecule has 1 N–H and O–H groups in total. The molecule has 0 saturated carbocycles. The molecule has 15 heavy (non-hydrogen) atoms. The lowest BCUT2D eigenvalue weighted by molar-refractivity contribution is 0.0696. The summed E-state index contributed by atoms with van der Waals surface area (Å²) in [5, 5.41) is 9.24. The van der Waals surface area contributed by atoms with Crippen LogP contribution in [0.3, 0.4) is 0 Å². The van der Waals surface area contributed by atoms with E-state index in [-0.39, 0.29) is 5.25 Å². The molecule has 1 aromatic rings. The second-order valence-corrected chi connectivity index (χ2v) is 4.79. The molecule has 0 aromatic heterocycles. The standard InChI is InChI=1S/C12H14O2S/c1-4-9(3)15-10-6-5-8(2)11(7-10)12(13)14/h4-7,9H,1H2,2-3H3,(H,13,14). The highest BCUT2D eigenvalue weighted by Gasteiger charge is 2.08. The van der Waals surface area contributed by atoms with E-state index in [4.69, 9.17) is 5.11 Å². The van der Waals surface area contributed by atoms with E-state index in [1.54, 1.807) is 24.8 Å². The third kappa shape index (κ3) is 3.13. The summed E-state index contributed by atoms with van der Waals surface area (Å²) in [6.07, 6.45) is 1.84. The van der Waals surface area contributed by atoms with Gasteiger partial charge in [-0.25, -0.2) is 4.79 Å². The maximum atomic E-state index is 10.9. The molecule has 1 unspecified atom stereocenters. The fraction of sp³-hybridized carbons (Fsp3) is 0.250. The van der Waals surface area contributed by atoms with Gasteiger partial charge in [0.05, 0.1) is 5.56 Å². The van der Waals surface area contributed by atoms with Gasteiger partial charge >= 0.3 is 5.97 Å². The maximum absolute atomic E-state index is 10.9. The number of hydrogen-bond acceptors (Lipinski definition) is 2. The highest BCUT2D eigenvalue weighted by molar-refractivity contribution is 8.00. The Bertz CT molecular complexity index is 385. The third-order valence-electron chi connectivity index (χ3n) is 2.09. The maximum Gasteiger partial charge on any atom is 0.335 e. The number of aromatic carboxylic acids is 1. The number of hydrogen-bond donors (Lipinski definition) is 1. The summed E-state index contributed by atoms with van der Waals surface area (Å²) in [7, 11) is 0. The molecule has 0 saturated heterocycles. The summed E-state index contributed by atoms with van der Waals surface area (Å²) in [5.74, 6) is -0.874. The van der Waals surface area contributed by atoms with Gasteiger partial charge in [-0.2, -0.15) is 0 Å². The number of benzene rings is 1. The minimum atomic E-state index is -0.874. The molecule has 0 aliphatic heterocycles. The number of carbonyl (C=O) groups is 1. The first-order valence-corrected chi connectivity index (χ1v) is 5.55. The van der Waals surface area contributed by atoms with E-state index in [9.17, 15) is 4.79 Å². The lowest BCUT2D eigenvalue weighted by Gasteiger charge is -2.08. The van der Waals surface area contributed by atoms with Crippen LogP contribution in [0.4, 0.5) is 0 Å². The molecule has 0 aliphatic carbocycles. The number of aryl methyl sites for hydroxylation is 1. The first kappa shape index (κ1) is 11.9. The van der Waals surface area contributed by atoms with E-state index < -0.39 is 5.97 Å². The van der Waals surface area contributed by atoms with Crippen LogP contribution in [-0.2, 0) is 0 Å². The predicted octanol–water partition coefficient (Wildman–Crippen LogP) is 3.36. The van der Waals surface area contributed by atoms with Crippen molar-refractivity contribution in [3.8, 4) is 0 Å². The Hall–Kier alpha value is -1.22. The zero-order valence-corrected chi connectivity index (χ0v) is 9.67. The van der Waals surface area contributed by atoms with Crippen molar-refractivity contribution < 1.29 is 9.90 Å². The van der Waals surface area contributed by atoms with Gasteiger partial charge in [0.1, 0.15) is 0 Å². The minimum Gasteiger partial charge on any atom is -0.478 e. The van der Waals surface area contributed by atoms with E-state index in [2.05, 4.69) is 6.58 Å². The van der Waals surface area contributed by atoms with Gasteiger partial charge in [0.15, 0.2) is 0 Å². The van der Waals surface area contributed by atoms with Crippen molar-refractivity contribution in [1.29, 1.82) is 0 Å². The van der Waals surface area contributed by atoms with Gasteiger partial charge < -0.3 is 5.11 Å². The topological polar surface area (TPSA) is 37.3 Å². The van der Waals surface area contributed by atoms with Crippen LogP contribution in [0.1, 0.15) is 22.8 Å². The van der Waals surface area contributed by atoms with Gasteiger partial charge in [-0.3, -0.25) is 0 Å². The second kappa shape index (κ2) is 5.03. The molecule has 0 bridgehead atoms. The fourth-order valence-electron chi connectivity index (χ4n) is 1.17. The van der Waals surface area contributed by atoms with Crippen LogP contribution in [0.5, 0.6) is 0 Å². The van der Waals surface area contributed by atoms with Gasteiger partial charge in [0.25, 0.3) is 0 Å². The first-order chi connectivity index (χ1) is 7.04. The number of thioether (sulfide) groups is 1. The third-order valence-corrected chi connectivity index (χ3v) is 3.18. The van der Waals surface area contributed by atoms with Crippen LogP contribution in [0.15, 0.2) is 35.7 Å².